The Morgan fingerprint density at radius 1 is 1.27 bits per heavy atom. The fourth-order valence-electron chi connectivity index (χ4n) is 3.89. The maximum atomic E-state index is 5.71. The lowest BCUT2D eigenvalue weighted by Crippen LogP contribution is -2.25. The summed E-state index contributed by atoms with van der Waals surface area (Å²) in [6.45, 7) is 8.61. The first-order valence-corrected chi connectivity index (χ1v) is 10.5. The van der Waals surface area contributed by atoms with Gasteiger partial charge in [0, 0.05) is 19.2 Å². The highest BCUT2D eigenvalue weighted by molar-refractivity contribution is 5.71. The second-order valence-electron chi connectivity index (χ2n) is 7.72. The minimum absolute atomic E-state index is 0.327. The highest BCUT2D eigenvalue weighted by Gasteiger charge is 2.36. The molecule has 7 heteroatoms. The van der Waals surface area contributed by atoms with E-state index in [-0.39, 0.29) is 6.23 Å². The number of benzene rings is 1. The molecule has 6 rings (SSSR count). The summed E-state index contributed by atoms with van der Waals surface area (Å²) in [5.74, 6) is 2.05. The number of anilines is 1. The van der Waals surface area contributed by atoms with Gasteiger partial charge in [0.25, 0.3) is 0 Å². The molecule has 1 aromatic rings. The van der Waals surface area contributed by atoms with E-state index in [1.54, 1.807) is 13.4 Å². The lowest BCUT2D eigenvalue weighted by molar-refractivity contribution is -0.0647. The molecule has 1 N–H and O–H groups in total. The van der Waals surface area contributed by atoms with Crippen molar-refractivity contribution in [2.24, 2.45) is 0 Å². The van der Waals surface area contributed by atoms with Crippen molar-refractivity contribution in [2.75, 3.05) is 19.0 Å². The maximum absolute atomic E-state index is 5.71. The molecule has 4 aliphatic heterocycles. The summed E-state index contributed by atoms with van der Waals surface area (Å²) in [5.41, 5.74) is 2.55. The molecule has 4 heterocycles. The zero-order chi connectivity index (χ0) is 21.1. The lowest BCUT2D eigenvalue weighted by Gasteiger charge is -2.23. The fraction of sp³-hybridized carbons (Fsp3) is 0.435. The molecule has 0 amide bonds. The Morgan fingerprint density at radius 3 is 2.50 bits per heavy atom. The van der Waals surface area contributed by atoms with E-state index in [1.165, 1.54) is 19.3 Å². The van der Waals surface area contributed by atoms with Crippen LogP contribution >= 0.6 is 0 Å². The quantitative estimate of drug-likeness (QED) is 0.654. The van der Waals surface area contributed by atoms with E-state index in [4.69, 9.17) is 9.47 Å². The molecule has 0 spiro atoms. The van der Waals surface area contributed by atoms with Gasteiger partial charge in [-0.05, 0) is 38.7 Å². The smallest absolute Gasteiger partial charge is 0.168 e. The lowest BCUT2D eigenvalue weighted by atomic mass is 10.2. The average molecular weight is 408 g/mol. The number of nitrogens with one attached hydrogen (secondary N) is 1. The Balaban J connectivity index is 0.000000305. The van der Waals surface area contributed by atoms with Crippen molar-refractivity contribution in [3.63, 3.8) is 0 Å². The number of allylic oxidation sites excluding steroid dienone is 1. The summed E-state index contributed by atoms with van der Waals surface area (Å²) in [5, 5.41) is 3.23. The number of nitrogens with zero attached hydrogens (tertiary/aromatic N) is 4. The Bertz CT molecular complexity index is 952. The summed E-state index contributed by atoms with van der Waals surface area (Å²) < 4.78 is 12.9. The normalized spacial score (nSPS) is 20.2. The van der Waals surface area contributed by atoms with Crippen LogP contribution in [0.15, 0.2) is 43.2 Å². The molecule has 30 heavy (non-hydrogen) atoms. The third-order valence-electron chi connectivity index (χ3n) is 5.43. The van der Waals surface area contributed by atoms with Gasteiger partial charge in [0.05, 0.1) is 12.2 Å². The molecule has 2 saturated heterocycles. The molecule has 1 aliphatic carbocycles. The molecule has 1 saturated carbocycles. The van der Waals surface area contributed by atoms with Crippen LogP contribution in [0.5, 0.6) is 0 Å². The summed E-state index contributed by atoms with van der Waals surface area (Å²) >= 11 is 0. The van der Waals surface area contributed by atoms with Gasteiger partial charge >= 0.3 is 0 Å². The largest absolute Gasteiger partial charge is 0.375 e. The minimum atomic E-state index is -0.327. The van der Waals surface area contributed by atoms with Crippen molar-refractivity contribution >= 4 is 11.4 Å². The van der Waals surface area contributed by atoms with E-state index >= 15 is 0 Å². The zero-order valence-electron chi connectivity index (χ0n) is 17.8. The summed E-state index contributed by atoms with van der Waals surface area (Å²) in [4.78, 5) is 13.7. The second-order valence-corrected chi connectivity index (χ2v) is 7.72. The summed E-state index contributed by atoms with van der Waals surface area (Å²) in [6.07, 6.45) is 6.82. The average Bonchev–Trinajstić information content (AvgIpc) is 3.48. The molecule has 7 nitrogen and oxygen atoms in total. The van der Waals surface area contributed by atoms with Crippen molar-refractivity contribution < 1.29 is 9.47 Å². The molecule has 2 bridgehead atoms. The number of hydrogen-bond acceptors (Lipinski definition) is 6. The summed E-state index contributed by atoms with van der Waals surface area (Å²) in [7, 11) is 1.67. The number of ether oxygens (including phenoxy) is 2. The number of rotatable bonds is 6. The van der Waals surface area contributed by atoms with Crippen molar-refractivity contribution in [1.29, 1.82) is 0 Å². The fourth-order valence-corrected chi connectivity index (χ4v) is 3.89. The minimum Gasteiger partial charge on any atom is -0.375 e. The molecule has 3 unspecified atom stereocenters. The molecule has 3 atom stereocenters. The predicted molar refractivity (Wildman–Crippen MR) is 117 cm³/mol. The van der Waals surface area contributed by atoms with Crippen LogP contribution in [0, 0.1) is 0 Å². The number of fused-ring (bicyclic) bond motifs is 2. The van der Waals surface area contributed by atoms with Crippen molar-refractivity contribution in [1.82, 2.24) is 19.5 Å². The van der Waals surface area contributed by atoms with Crippen LogP contribution in [0.1, 0.15) is 50.7 Å². The first-order chi connectivity index (χ1) is 14.6. The monoisotopic (exact) mass is 407 g/mol. The van der Waals surface area contributed by atoms with Gasteiger partial charge in [-0.1, -0.05) is 36.9 Å². The molecule has 5 aliphatic rings. The van der Waals surface area contributed by atoms with Crippen molar-refractivity contribution in [3.05, 3.63) is 54.6 Å². The van der Waals surface area contributed by atoms with Crippen LogP contribution in [-0.4, -0.2) is 45.4 Å². The molecular weight excluding hydrogens is 378 g/mol. The van der Waals surface area contributed by atoms with E-state index < -0.39 is 0 Å². The third kappa shape index (κ3) is 4.08. The Morgan fingerprint density at radius 2 is 1.97 bits per heavy atom. The van der Waals surface area contributed by atoms with Crippen LogP contribution in [0.4, 0.5) is 5.82 Å². The van der Waals surface area contributed by atoms with Gasteiger partial charge in [-0.2, -0.15) is 0 Å². The highest BCUT2D eigenvalue weighted by Crippen LogP contribution is 2.36. The van der Waals surface area contributed by atoms with E-state index in [9.17, 15) is 0 Å². The molecule has 0 aromatic heterocycles. The van der Waals surface area contributed by atoms with Crippen LogP contribution < -0.4 is 5.32 Å². The SMILES string of the molecule is C1CC2CC1O2.C=C(C)c1nc2c(NCC)ncn(C(OC)c3ccccc3)c-2n1. The zero-order valence-corrected chi connectivity index (χ0v) is 17.8. The van der Waals surface area contributed by atoms with Gasteiger partial charge in [-0.25, -0.2) is 15.0 Å². The van der Waals surface area contributed by atoms with Gasteiger partial charge in [-0.3, -0.25) is 4.57 Å². The standard InChI is InChI=1S/C18H21N5O.C5H8O/c1-5-19-16-14-17(22-15(21-14)12(2)3)23(11-20-16)18(24-4)13-9-7-6-8-10-13;1-2-5-3-4(1)6-5/h6-11,18-19H,2,5H2,1,3-4H3;4-5H,1-3H2. The first-order valence-electron chi connectivity index (χ1n) is 10.5. The van der Waals surface area contributed by atoms with E-state index in [2.05, 4.69) is 26.8 Å². The molecule has 3 fully saturated rings. The molecule has 158 valence electrons. The highest BCUT2D eigenvalue weighted by atomic mass is 16.5. The first kappa shape index (κ1) is 20.5. The Labute approximate surface area is 177 Å². The summed E-state index contributed by atoms with van der Waals surface area (Å²) in [6, 6.07) is 9.97. The second kappa shape index (κ2) is 8.93. The predicted octanol–water partition coefficient (Wildman–Crippen LogP) is 4.37. The van der Waals surface area contributed by atoms with Gasteiger partial charge in [0.2, 0.25) is 0 Å². The topological polar surface area (TPSA) is 74.1 Å². The van der Waals surface area contributed by atoms with E-state index in [0.717, 1.165) is 29.2 Å². The van der Waals surface area contributed by atoms with Crippen LogP contribution in [0.3, 0.4) is 0 Å². The van der Waals surface area contributed by atoms with Crippen LogP contribution in [0.2, 0.25) is 0 Å². The van der Waals surface area contributed by atoms with Crippen LogP contribution in [-0.2, 0) is 9.47 Å². The van der Waals surface area contributed by atoms with E-state index in [0.29, 0.717) is 23.9 Å². The third-order valence-corrected chi connectivity index (χ3v) is 5.43. The van der Waals surface area contributed by atoms with E-state index in [1.807, 2.05) is 48.7 Å². The number of aromatic nitrogens is 4. The van der Waals surface area contributed by atoms with Crippen LogP contribution in [0.25, 0.3) is 17.1 Å². The Kier molecular flexibility index (Phi) is 6.11. The molecule has 1 aromatic carbocycles. The molecule has 0 radical (unpaired) electrons. The number of hydrogen-bond donors (Lipinski definition) is 1. The van der Waals surface area contributed by atoms with Gasteiger partial charge in [-0.15, -0.1) is 0 Å². The number of methoxy groups -OCH3 is 1. The Hall–Kier alpha value is -2.77. The number of imidazole rings is 1. The van der Waals surface area contributed by atoms with Gasteiger partial charge in [0.1, 0.15) is 6.33 Å². The molecular formula is C23H29N5O2. The van der Waals surface area contributed by atoms with Gasteiger partial charge < -0.3 is 14.8 Å². The van der Waals surface area contributed by atoms with Crippen molar-refractivity contribution in [2.45, 2.75) is 51.5 Å². The maximum Gasteiger partial charge on any atom is 0.168 e. The van der Waals surface area contributed by atoms with Crippen molar-refractivity contribution in [3.8, 4) is 11.5 Å². The van der Waals surface area contributed by atoms with Gasteiger partial charge in [0.15, 0.2) is 29.4 Å².